The van der Waals surface area contributed by atoms with Gasteiger partial charge in [0.2, 0.25) is 5.91 Å². The van der Waals surface area contributed by atoms with Gasteiger partial charge in [-0.15, -0.1) is 0 Å². The van der Waals surface area contributed by atoms with Crippen LogP contribution in [0.3, 0.4) is 0 Å². The van der Waals surface area contributed by atoms with E-state index in [0.717, 1.165) is 12.8 Å². The highest BCUT2D eigenvalue weighted by Gasteiger charge is 2.30. The number of carbonyl (C=O) groups excluding carboxylic acids is 1. The van der Waals surface area contributed by atoms with E-state index >= 15 is 8.78 Å². The van der Waals surface area contributed by atoms with Crippen LogP contribution in [-0.2, 0) is 22.4 Å². The summed E-state index contributed by atoms with van der Waals surface area (Å²) in [5, 5.41) is 2.81. The maximum absolute atomic E-state index is 15.4. The lowest BCUT2D eigenvalue weighted by Crippen LogP contribution is -2.38. The fourth-order valence-electron chi connectivity index (χ4n) is 3.86. The molecule has 1 heterocycles. The van der Waals surface area contributed by atoms with Gasteiger partial charge in [0.25, 0.3) is 0 Å². The minimum absolute atomic E-state index is 0.0390. The maximum Gasteiger partial charge on any atom is 0.224 e. The SMILES string of the molecule is CCc1c(F)c(N2CCC(OC)CC2)c(F)c(CC)c1NC(=O)CC(C)(C)C. The van der Waals surface area contributed by atoms with Gasteiger partial charge in [-0.1, -0.05) is 34.6 Å². The van der Waals surface area contributed by atoms with Gasteiger partial charge in [-0.25, -0.2) is 8.78 Å². The van der Waals surface area contributed by atoms with E-state index in [2.05, 4.69) is 5.32 Å². The van der Waals surface area contributed by atoms with Gasteiger partial charge in [0, 0.05) is 37.7 Å². The van der Waals surface area contributed by atoms with Crippen LogP contribution in [0.2, 0.25) is 0 Å². The third kappa shape index (κ3) is 5.02. The van der Waals surface area contributed by atoms with E-state index in [0.29, 0.717) is 42.7 Å². The molecule has 6 heteroatoms. The Labute approximate surface area is 167 Å². The van der Waals surface area contributed by atoms with E-state index in [1.54, 1.807) is 12.0 Å². The average molecular weight is 397 g/mol. The summed E-state index contributed by atoms with van der Waals surface area (Å²) in [6, 6.07) is 0. The van der Waals surface area contributed by atoms with Crippen LogP contribution in [-0.4, -0.2) is 32.2 Å². The summed E-state index contributed by atoms with van der Waals surface area (Å²) in [4.78, 5) is 14.2. The Hall–Kier alpha value is -1.69. The molecule has 0 spiro atoms. The van der Waals surface area contributed by atoms with Crippen LogP contribution in [0.5, 0.6) is 0 Å². The fraction of sp³-hybridized carbons (Fsp3) is 0.682. The Morgan fingerprint density at radius 3 is 2.00 bits per heavy atom. The summed E-state index contributed by atoms with van der Waals surface area (Å²) in [6.45, 7) is 10.6. The van der Waals surface area contributed by atoms with Crippen molar-refractivity contribution in [2.75, 3.05) is 30.4 Å². The molecule has 1 aliphatic heterocycles. The Balaban J connectivity index is 2.44. The van der Waals surface area contributed by atoms with Crippen molar-refractivity contribution >= 4 is 17.3 Å². The van der Waals surface area contributed by atoms with Gasteiger partial charge in [0.05, 0.1) is 11.8 Å². The molecule has 1 fully saturated rings. The molecular weight excluding hydrogens is 362 g/mol. The van der Waals surface area contributed by atoms with E-state index in [9.17, 15) is 4.79 Å². The predicted octanol–water partition coefficient (Wildman–Crippen LogP) is 5.08. The van der Waals surface area contributed by atoms with E-state index < -0.39 is 11.6 Å². The molecule has 0 aromatic heterocycles. The van der Waals surface area contributed by atoms with Gasteiger partial charge < -0.3 is 15.0 Å². The monoisotopic (exact) mass is 396 g/mol. The number of nitrogens with one attached hydrogen (secondary N) is 1. The summed E-state index contributed by atoms with van der Waals surface area (Å²) in [6.07, 6.45) is 2.66. The van der Waals surface area contributed by atoms with Crippen molar-refractivity contribution in [1.29, 1.82) is 0 Å². The third-order valence-corrected chi connectivity index (χ3v) is 5.30. The summed E-state index contributed by atoms with van der Waals surface area (Å²) >= 11 is 0. The number of ether oxygens (including phenoxy) is 1. The number of hydrogen-bond donors (Lipinski definition) is 1. The zero-order valence-corrected chi connectivity index (χ0v) is 18.0. The molecule has 0 atom stereocenters. The Bertz CT molecular complexity index is 674. The molecular formula is C22H34F2N2O2. The molecule has 1 aliphatic rings. The molecule has 0 aliphatic carbocycles. The van der Waals surface area contributed by atoms with Crippen LogP contribution < -0.4 is 10.2 Å². The van der Waals surface area contributed by atoms with E-state index in [1.807, 2.05) is 34.6 Å². The number of methoxy groups -OCH3 is 1. The van der Waals surface area contributed by atoms with E-state index in [1.165, 1.54) is 0 Å². The highest BCUT2D eigenvalue weighted by molar-refractivity contribution is 5.93. The number of amides is 1. The van der Waals surface area contributed by atoms with Crippen molar-refractivity contribution in [2.45, 2.75) is 72.8 Å². The van der Waals surface area contributed by atoms with E-state index in [-0.39, 0.29) is 29.5 Å². The quantitative estimate of drug-likeness (QED) is 0.729. The van der Waals surface area contributed by atoms with Crippen molar-refractivity contribution in [2.24, 2.45) is 5.41 Å². The summed E-state index contributed by atoms with van der Waals surface area (Å²) < 4.78 is 36.2. The minimum Gasteiger partial charge on any atom is -0.381 e. The molecule has 0 bridgehead atoms. The van der Waals surface area contributed by atoms with Crippen LogP contribution in [0.15, 0.2) is 0 Å². The van der Waals surface area contributed by atoms with Gasteiger partial charge >= 0.3 is 0 Å². The lowest BCUT2D eigenvalue weighted by atomic mass is 9.91. The first-order valence-corrected chi connectivity index (χ1v) is 10.2. The molecule has 1 amide bonds. The van der Waals surface area contributed by atoms with Crippen molar-refractivity contribution in [1.82, 2.24) is 0 Å². The number of anilines is 2. The molecule has 2 rings (SSSR count). The van der Waals surface area contributed by atoms with Gasteiger partial charge in [-0.2, -0.15) is 0 Å². The highest BCUT2D eigenvalue weighted by atomic mass is 19.1. The van der Waals surface area contributed by atoms with Crippen LogP contribution in [0.4, 0.5) is 20.2 Å². The standard InChI is InChI=1S/C22H34F2N2O2/c1-7-15-18(23)21(26-11-9-14(28-6)10-12-26)19(24)16(8-2)20(15)25-17(27)13-22(3,4)5/h14H,7-13H2,1-6H3,(H,25,27). The number of benzene rings is 1. The van der Waals surface area contributed by atoms with Crippen molar-refractivity contribution < 1.29 is 18.3 Å². The zero-order valence-electron chi connectivity index (χ0n) is 18.0. The first-order chi connectivity index (χ1) is 13.1. The lowest BCUT2D eigenvalue weighted by molar-refractivity contribution is -0.117. The Morgan fingerprint density at radius 2 is 1.61 bits per heavy atom. The van der Waals surface area contributed by atoms with Crippen LogP contribution >= 0.6 is 0 Å². The van der Waals surface area contributed by atoms with Crippen molar-refractivity contribution in [3.05, 3.63) is 22.8 Å². The number of halogens is 2. The smallest absolute Gasteiger partial charge is 0.224 e. The number of rotatable bonds is 6. The molecule has 4 nitrogen and oxygen atoms in total. The maximum atomic E-state index is 15.4. The van der Waals surface area contributed by atoms with Gasteiger partial charge in [0.1, 0.15) is 5.69 Å². The fourth-order valence-corrected chi connectivity index (χ4v) is 3.86. The number of hydrogen-bond acceptors (Lipinski definition) is 3. The molecule has 0 saturated carbocycles. The first kappa shape index (κ1) is 22.6. The molecule has 1 N–H and O–H groups in total. The number of carbonyl (C=O) groups is 1. The first-order valence-electron chi connectivity index (χ1n) is 10.2. The van der Waals surface area contributed by atoms with Crippen molar-refractivity contribution in [3.63, 3.8) is 0 Å². The topological polar surface area (TPSA) is 41.6 Å². The Morgan fingerprint density at radius 1 is 1.11 bits per heavy atom. The predicted molar refractivity (Wildman–Crippen MR) is 110 cm³/mol. The average Bonchev–Trinajstić information content (AvgIpc) is 2.61. The number of piperidine rings is 1. The molecule has 0 unspecified atom stereocenters. The summed E-state index contributed by atoms with van der Waals surface area (Å²) in [5.41, 5.74) is 0.904. The normalized spacial score (nSPS) is 15.8. The second-order valence-electron chi connectivity index (χ2n) is 8.72. The second kappa shape index (κ2) is 9.21. The lowest BCUT2D eigenvalue weighted by Gasteiger charge is -2.34. The minimum atomic E-state index is -0.556. The van der Waals surface area contributed by atoms with Crippen LogP contribution in [0.1, 0.15) is 65.0 Å². The van der Waals surface area contributed by atoms with Crippen molar-refractivity contribution in [3.8, 4) is 0 Å². The number of nitrogens with zero attached hydrogens (tertiary/aromatic N) is 1. The van der Waals surface area contributed by atoms with E-state index in [4.69, 9.17) is 4.74 Å². The summed E-state index contributed by atoms with van der Waals surface area (Å²) in [7, 11) is 1.67. The third-order valence-electron chi connectivity index (χ3n) is 5.30. The van der Waals surface area contributed by atoms with Crippen LogP contribution in [0, 0.1) is 17.0 Å². The second-order valence-corrected chi connectivity index (χ2v) is 8.72. The Kier molecular flexibility index (Phi) is 7.43. The highest BCUT2D eigenvalue weighted by Crippen LogP contribution is 2.38. The molecule has 158 valence electrons. The largest absolute Gasteiger partial charge is 0.381 e. The summed E-state index contributed by atoms with van der Waals surface area (Å²) in [5.74, 6) is -1.33. The van der Waals surface area contributed by atoms with Gasteiger partial charge in [-0.3, -0.25) is 4.79 Å². The molecule has 1 saturated heterocycles. The van der Waals surface area contributed by atoms with Gasteiger partial charge in [-0.05, 0) is 31.1 Å². The van der Waals surface area contributed by atoms with Gasteiger partial charge in [0.15, 0.2) is 11.6 Å². The zero-order chi connectivity index (χ0) is 21.1. The molecule has 28 heavy (non-hydrogen) atoms. The molecule has 1 aromatic carbocycles. The molecule has 0 radical (unpaired) electrons. The molecule has 1 aromatic rings. The van der Waals surface area contributed by atoms with Crippen LogP contribution in [0.25, 0.3) is 0 Å².